The summed E-state index contributed by atoms with van der Waals surface area (Å²) in [5, 5.41) is 8.75. The number of sulfonamides is 1. The number of carboxylic acid groups (broad SMARTS) is 1. The van der Waals surface area contributed by atoms with Crippen molar-refractivity contribution >= 4 is 43.3 Å². The van der Waals surface area contributed by atoms with Crippen molar-refractivity contribution in [3.63, 3.8) is 0 Å². The molecule has 1 rings (SSSR count). The molecular formula is C9H8BrNO4S2. The van der Waals surface area contributed by atoms with Crippen molar-refractivity contribution in [2.45, 2.75) is 11.3 Å². The van der Waals surface area contributed by atoms with Crippen LogP contribution in [0.2, 0.25) is 0 Å². The van der Waals surface area contributed by atoms with Gasteiger partial charge in [-0.05, 0) is 22.0 Å². The number of aromatic carboxylic acids is 1. The van der Waals surface area contributed by atoms with E-state index in [2.05, 4.69) is 26.6 Å². The van der Waals surface area contributed by atoms with Crippen LogP contribution < -0.4 is 4.72 Å². The fourth-order valence-corrected chi connectivity index (χ4v) is 4.41. The summed E-state index contributed by atoms with van der Waals surface area (Å²) >= 11 is 3.87. The van der Waals surface area contributed by atoms with E-state index >= 15 is 0 Å². The normalized spacial score (nSPS) is 11.1. The van der Waals surface area contributed by atoms with Crippen molar-refractivity contribution in [2.24, 2.45) is 0 Å². The highest BCUT2D eigenvalue weighted by Gasteiger charge is 2.22. The Morgan fingerprint density at radius 1 is 1.65 bits per heavy atom. The van der Waals surface area contributed by atoms with Gasteiger partial charge in [-0.15, -0.1) is 23.7 Å². The molecule has 0 aromatic carbocycles. The van der Waals surface area contributed by atoms with Crippen LogP contribution in [0, 0.1) is 12.3 Å². The van der Waals surface area contributed by atoms with Gasteiger partial charge in [-0.1, -0.05) is 0 Å². The van der Waals surface area contributed by atoms with Gasteiger partial charge in [-0.2, -0.15) is 0 Å². The van der Waals surface area contributed by atoms with Gasteiger partial charge >= 0.3 is 5.97 Å². The van der Waals surface area contributed by atoms with Crippen molar-refractivity contribution < 1.29 is 18.3 Å². The van der Waals surface area contributed by atoms with Crippen LogP contribution in [0.1, 0.15) is 16.1 Å². The first-order valence-corrected chi connectivity index (χ1v) is 7.43. The molecule has 0 aliphatic carbocycles. The van der Waals surface area contributed by atoms with Crippen molar-refractivity contribution in [3.05, 3.63) is 14.7 Å². The second kappa shape index (κ2) is 5.64. The topological polar surface area (TPSA) is 83.5 Å². The average molecular weight is 338 g/mol. The van der Waals surface area contributed by atoms with E-state index in [0.29, 0.717) is 0 Å². The third-order valence-corrected chi connectivity index (χ3v) is 5.42. The zero-order chi connectivity index (χ0) is 13.1. The van der Waals surface area contributed by atoms with Crippen molar-refractivity contribution in [1.82, 2.24) is 4.72 Å². The van der Waals surface area contributed by atoms with Crippen LogP contribution in [-0.4, -0.2) is 26.0 Å². The molecule has 0 amide bonds. The summed E-state index contributed by atoms with van der Waals surface area (Å²) in [5.41, 5.74) is 0. The van der Waals surface area contributed by atoms with Gasteiger partial charge in [0.1, 0.15) is 9.77 Å². The predicted molar refractivity (Wildman–Crippen MR) is 67.6 cm³/mol. The van der Waals surface area contributed by atoms with Gasteiger partial charge < -0.3 is 5.11 Å². The quantitative estimate of drug-likeness (QED) is 0.630. The van der Waals surface area contributed by atoms with Crippen LogP contribution in [0.25, 0.3) is 0 Å². The SMILES string of the molecule is C#CCCNS(=O)(=O)c1cc(C(=O)O)sc1Br. The molecule has 0 bridgehead atoms. The van der Waals surface area contributed by atoms with Gasteiger partial charge in [-0.25, -0.2) is 17.9 Å². The molecule has 0 fully saturated rings. The van der Waals surface area contributed by atoms with Gasteiger partial charge in [0.2, 0.25) is 10.0 Å². The molecule has 0 aliphatic rings. The fourth-order valence-electron chi connectivity index (χ4n) is 0.976. The smallest absolute Gasteiger partial charge is 0.345 e. The molecule has 0 aliphatic heterocycles. The molecule has 8 heteroatoms. The molecule has 0 spiro atoms. The number of carboxylic acids is 1. The average Bonchev–Trinajstić information content (AvgIpc) is 2.61. The molecule has 1 heterocycles. The van der Waals surface area contributed by atoms with Crippen molar-refractivity contribution in [3.8, 4) is 12.3 Å². The number of halogens is 1. The largest absolute Gasteiger partial charge is 0.477 e. The van der Waals surface area contributed by atoms with Crippen LogP contribution in [0.3, 0.4) is 0 Å². The van der Waals surface area contributed by atoms with Crippen molar-refractivity contribution in [2.75, 3.05) is 6.54 Å². The second-order valence-electron chi connectivity index (χ2n) is 2.91. The highest BCUT2D eigenvalue weighted by molar-refractivity contribution is 9.11. The molecule has 1 aromatic rings. The molecule has 5 nitrogen and oxygen atoms in total. The molecule has 0 saturated carbocycles. The summed E-state index contributed by atoms with van der Waals surface area (Å²) in [6.45, 7) is 0.115. The summed E-state index contributed by atoms with van der Waals surface area (Å²) in [5.74, 6) is 1.13. The molecule has 0 saturated heterocycles. The third-order valence-electron chi connectivity index (χ3n) is 1.72. The van der Waals surface area contributed by atoms with E-state index in [1.54, 1.807) is 0 Å². The lowest BCUT2D eigenvalue weighted by atomic mass is 10.5. The molecular weight excluding hydrogens is 330 g/mol. The third kappa shape index (κ3) is 3.54. The highest BCUT2D eigenvalue weighted by atomic mass is 79.9. The van der Waals surface area contributed by atoms with E-state index in [9.17, 15) is 13.2 Å². The maximum absolute atomic E-state index is 11.8. The van der Waals surface area contributed by atoms with Crippen LogP contribution in [0.5, 0.6) is 0 Å². The van der Waals surface area contributed by atoms with E-state index in [1.165, 1.54) is 0 Å². The first-order valence-electron chi connectivity index (χ1n) is 4.34. The first kappa shape index (κ1) is 14.2. The van der Waals surface area contributed by atoms with Crippen LogP contribution in [0.15, 0.2) is 14.7 Å². The molecule has 0 atom stereocenters. The summed E-state index contributed by atoms with van der Waals surface area (Å²) in [6, 6.07) is 1.11. The minimum atomic E-state index is -3.72. The van der Waals surface area contributed by atoms with Crippen LogP contribution in [0.4, 0.5) is 0 Å². The number of hydrogen-bond acceptors (Lipinski definition) is 4. The molecule has 0 unspecified atom stereocenters. The molecule has 1 aromatic heterocycles. The number of hydrogen-bond donors (Lipinski definition) is 2. The van der Waals surface area contributed by atoms with E-state index in [0.717, 1.165) is 17.4 Å². The molecule has 92 valence electrons. The maximum Gasteiger partial charge on any atom is 0.345 e. The Balaban J connectivity index is 2.99. The highest BCUT2D eigenvalue weighted by Crippen LogP contribution is 2.31. The zero-order valence-electron chi connectivity index (χ0n) is 8.44. The standard InChI is InChI=1S/C9H8BrNO4S2/c1-2-3-4-11-17(14,15)7-5-6(9(12)13)16-8(7)10/h1,5,11H,3-4H2,(H,12,13). The monoisotopic (exact) mass is 337 g/mol. The molecule has 2 N–H and O–H groups in total. The Morgan fingerprint density at radius 2 is 2.29 bits per heavy atom. The Hall–Kier alpha value is -0.880. The van der Waals surface area contributed by atoms with E-state index < -0.39 is 16.0 Å². The van der Waals surface area contributed by atoms with E-state index in [-0.39, 0.29) is 26.5 Å². The summed E-state index contributed by atoms with van der Waals surface area (Å²) in [4.78, 5) is 10.6. The Kier molecular flexibility index (Phi) is 4.70. The lowest BCUT2D eigenvalue weighted by Crippen LogP contribution is -2.24. The summed E-state index contributed by atoms with van der Waals surface area (Å²) < 4.78 is 26.1. The molecule has 0 radical (unpaired) electrons. The van der Waals surface area contributed by atoms with Gasteiger partial charge in [0.25, 0.3) is 0 Å². The Labute approximate surface area is 111 Å². The van der Waals surface area contributed by atoms with Gasteiger partial charge in [0.05, 0.1) is 3.79 Å². The van der Waals surface area contributed by atoms with Crippen molar-refractivity contribution in [1.29, 1.82) is 0 Å². The summed E-state index contributed by atoms with van der Waals surface area (Å²) in [7, 11) is -3.72. The van der Waals surface area contributed by atoms with Gasteiger partial charge in [-0.3, -0.25) is 0 Å². The van der Waals surface area contributed by atoms with E-state index in [1.807, 2.05) is 0 Å². The Morgan fingerprint density at radius 3 is 2.76 bits per heavy atom. The van der Waals surface area contributed by atoms with Crippen LogP contribution in [-0.2, 0) is 10.0 Å². The van der Waals surface area contributed by atoms with Crippen LogP contribution >= 0.6 is 27.3 Å². The van der Waals surface area contributed by atoms with Gasteiger partial charge in [0.15, 0.2) is 0 Å². The summed E-state index contributed by atoms with van der Waals surface area (Å²) in [6.07, 6.45) is 5.27. The van der Waals surface area contributed by atoms with Gasteiger partial charge in [0, 0.05) is 13.0 Å². The first-order chi connectivity index (χ1) is 7.88. The number of nitrogens with one attached hydrogen (secondary N) is 1. The Bertz CT molecular complexity index is 570. The number of carbonyl (C=O) groups is 1. The number of thiophene rings is 1. The zero-order valence-corrected chi connectivity index (χ0v) is 11.7. The number of terminal acetylenes is 1. The fraction of sp³-hybridized carbons (Fsp3) is 0.222. The second-order valence-corrected chi connectivity index (χ2v) is 7.01. The van der Waals surface area contributed by atoms with E-state index in [4.69, 9.17) is 11.5 Å². The molecule has 17 heavy (non-hydrogen) atoms. The lowest BCUT2D eigenvalue weighted by Gasteiger charge is -2.02. The minimum absolute atomic E-state index is 0.0470. The minimum Gasteiger partial charge on any atom is -0.477 e. The number of rotatable bonds is 5. The lowest BCUT2D eigenvalue weighted by molar-refractivity contribution is 0.0702. The predicted octanol–water partition coefficient (Wildman–Crippen LogP) is 1.51. The maximum atomic E-state index is 11.8.